The van der Waals surface area contributed by atoms with Gasteiger partial charge in [-0.25, -0.2) is 8.78 Å². The number of carbonyl (C=O) groups is 1. The lowest BCUT2D eigenvalue weighted by atomic mass is 9.60. The van der Waals surface area contributed by atoms with Gasteiger partial charge in [0.2, 0.25) is 5.92 Å². The second-order valence-electron chi connectivity index (χ2n) is 5.35. The standard InChI is InChI=1S/C10H16F2O/c1-8(2,3)7(13)9(4)5-10(11,12)6-9/h5-6H2,1-4H3. The highest BCUT2D eigenvalue weighted by atomic mass is 19.3. The number of hydrogen-bond acceptors (Lipinski definition) is 1. The number of carbonyl (C=O) groups excluding carboxylic acids is 1. The molecule has 0 amide bonds. The lowest BCUT2D eigenvalue weighted by Crippen LogP contribution is -2.52. The van der Waals surface area contributed by atoms with Crippen molar-refractivity contribution in [3.05, 3.63) is 0 Å². The van der Waals surface area contributed by atoms with E-state index in [1.54, 1.807) is 27.7 Å². The zero-order valence-electron chi connectivity index (χ0n) is 8.58. The summed E-state index contributed by atoms with van der Waals surface area (Å²) in [5.74, 6) is -2.67. The number of rotatable bonds is 1. The Bertz CT molecular complexity index is 230. The minimum atomic E-state index is -2.62. The van der Waals surface area contributed by atoms with Crippen molar-refractivity contribution < 1.29 is 13.6 Å². The van der Waals surface area contributed by atoms with Crippen LogP contribution in [0.5, 0.6) is 0 Å². The second kappa shape index (κ2) is 2.52. The van der Waals surface area contributed by atoms with Crippen molar-refractivity contribution in [2.45, 2.75) is 46.5 Å². The summed E-state index contributed by atoms with van der Waals surface area (Å²) in [6, 6.07) is 0. The van der Waals surface area contributed by atoms with E-state index >= 15 is 0 Å². The average molecular weight is 190 g/mol. The molecule has 0 bridgehead atoms. The summed E-state index contributed by atoms with van der Waals surface area (Å²) >= 11 is 0. The van der Waals surface area contributed by atoms with E-state index in [2.05, 4.69) is 0 Å². The zero-order chi connectivity index (χ0) is 10.5. The molecule has 0 aliphatic heterocycles. The van der Waals surface area contributed by atoms with Crippen LogP contribution in [-0.2, 0) is 4.79 Å². The van der Waals surface area contributed by atoms with Crippen LogP contribution in [0.2, 0.25) is 0 Å². The Balaban J connectivity index is 2.71. The molecule has 0 N–H and O–H groups in total. The Hall–Kier alpha value is -0.470. The fourth-order valence-electron chi connectivity index (χ4n) is 2.16. The maximum Gasteiger partial charge on any atom is 0.250 e. The van der Waals surface area contributed by atoms with Gasteiger partial charge in [-0.3, -0.25) is 4.79 Å². The molecule has 0 atom stereocenters. The largest absolute Gasteiger partial charge is 0.298 e. The van der Waals surface area contributed by atoms with Crippen molar-refractivity contribution in [2.24, 2.45) is 10.8 Å². The van der Waals surface area contributed by atoms with Crippen LogP contribution in [0.15, 0.2) is 0 Å². The molecule has 0 aromatic carbocycles. The Morgan fingerprint density at radius 1 is 1.23 bits per heavy atom. The smallest absolute Gasteiger partial charge is 0.250 e. The first-order chi connectivity index (χ1) is 5.57. The van der Waals surface area contributed by atoms with E-state index in [0.29, 0.717) is 0 Å². The Labute approximate surface area is 77.5 Å². The minimum Gasteiger partial charge on any atom is -0.298 e. The highest BCUT2D eigenvalue weighted by Crippen LogP contribution is 2.54. The molecular weight excluding hydrogens is 174 g/mol. The van der Waals surface area contributed by atoms with E-state index in [1.165, 1.54) is 0 Å². The lowest BCUT2D eigenvalue weighted by molar-refractivity contribution is -0.178. The van der Waals surface area contributed by atoms with Gasteiger partial charge in [0.25, 0.3) is 0 Å². The first kappa shape index (κ1) is 10.6. The molecule has 0 aromatic heterocycles. The zero-order valence-corrected chi connectivity index (χ0v) is 8.58. The average Bonchev–Trinajstić information content (AvgIpc) is 1.79. The van der Waals surface area contributed by atoms with Gasteiger partial charge in [0.05, 0.1) is 0 Å². The van der Waals surface area contributed by atoms with Gasteiger partial charge in [0.15, 0.2) is 0 Å². The summed E-state index contributed by atoms with van der Waals surface area (Å²) in [7, 11) is 0. The Morgan fingerprint density at radius 3 is 1.85 bits per heavy atom. The monoisotopic (exact) mass is 190 g/mol. The van der Waals surface area contributed by atoms with E-state index in [0.717, 1.165) is 0 Å². The molecule has 1 saturated carbocycles. The van der Waals surface area contributed by atoms with Crippen LogP contribution in [-0.4, -0.2) is 11.7 Å². The molecule has 0 heterocycles. The number of ketones is 1. The maximum absolute atomic E-state index is 12.6. The van der Waals surface area contributed by atoms with E-state index in [4.69, 9.17) is 0 Å². The quantitative estimate of drug-likeness (QED) is 0.621. The fourth-order valence-corrected chi connectivity index (χ4v) is 2.16. The summed E-state index contributed by atoms with van der Waals surface area (Å²) in [6.07, 6.45) is -0.563. The number of alkyl halides is 2. The number of hydrogen-bond donors (Lipinski definition) is 0. The first-order valence-corrected chi connectivity index (χ1v) is 4.50. The predicted octanol–water partition coefficient (Wildman–Crippen LogP) is 3.04. The van der Waals surface area contributed by atoms with Crippen molar-refractivity contribution in [1.29, 1.82) is 0 Å². The van der Waals surface area contributed by atoms with Gasteiger partial charge in [0.1, 0.15) is 5.78 Å². The highest BCUT2D eigenvalue weighted by Gasteiger charge is 2.59. The molecule has 0 aromatic rings. The third-order valence-electron chi connectivity index (χ3n) is 2.53. The van der Waals surface area contributed by atoms with Gasteiger partial charge in [-0.05, 0) is 0 Å². The third kappa shape index (κ3) is 1.89. The molecule has 1 rings (SSSR count). The molecule has 1 aliphatic rings. The molecule has 13 heavy (non-hydrogen) atoms. The highest BCUT2D eigenvalue weighted by molar-refractivity contribution is 5.90. The van der Waals surface area contributed by atoms with Gasteiger partial charge in [-0.1, -0.05) is 27.7 Å². The molecule has 1 fully saturated rings. The fraction of sp³-hybridized carbons (Fsp3) is 0.900. The third-order valence-corrected chi connectivity index (χ3v) is 2.53. The van der Waals surface area contributed by atoms with Crippen molar-refractivity contribution in [2.75, 3.05) is 0 Å². The van der Waals surface area contributed by atoms with Gasteiger partial charge in [0, 0.05) is 23.7 Å². The molecular formula is C10H16F2O. The van der Waals surface area contributed by atoms with Crippen LogP contribution in [0.25, 0.3) is 0 Å². The predicted molar refractivity (Wildman–Crippen MR) is 46.8 cm³/mol. The second-order valence-corrected chi connectivity index (χ2v) is 5.35. The Kier molecular flexibility index (Phi) is 2.06. The molecule has 0 radical (unpaired) electrons. The van der Waals surface area contributed by atoms with Crippen LogP contribution < -0.4 is 0 Å². The van der Waals surface area contributed by atoms with Crippen LogP contribution in [0.4, 0.5) is 8.78 Å². The molecule has 1 nitrogen and oxygen atoms in total. The summed E-state index contributed by atoms with van der Waals surface area (Å²) < 4.78 is 25.3. The molecule has 0 spiro atoms. The molecule has 76 valence electrons. The van der Waals surface area contributed by atoms with E-state index in [-0.39, 0.29) is 18.6 Å². The minimum absolute atomic E-state index is 0.0501. The molecule has 0 saturated heterocycles. The van der Waals surface area contributed by atoms with Crippen LogP contribution in [0.3, 0.4) is 0 Å². The summed E-state index contributed by atoms with van der Waals surface area (Å²) in [6.45, 7) is 6.96. The molecule has 1 aliphatic carbocycles. The first-order valence-electron chi connectivity index (χ1n) is 4.50. The summed E-state index contributed by atoms with van der Waals surface area (Å²) in [4.78, 5) is 11.7. The maximum atomic E-state index is 12.6. The van der Waals surface area contributed by atoms with Crippen LogP contribution >= 0.6 is 0 Å². The van der Waals surface area contributed by atoms with E-state index < -0.39 is 16.8 Å². The van der Waals surface area contributed by atoms with Crippen molar-refractivity contribution in [3.8, 4) is 0 Å². The van der Waals surface area contributed by atoms with Crippen LogP contribution in [0.1, 0.15) is 40.5 Å². The summed E-state index contributed by atoms with van der Waals surface area (Å²) in [5.41, 5.74) is -1.30. The van der Waals surface area contributed by atoms with Crippen molar-refractivity contribution >= 4 is 5.78 Å². The van der Waals surface area contributed by atoms with E-state index in [1.807, 2.05) is 0 Å². The number of halogens is 2. The SMILES string of the molecule is CC(C)(C)C(=O)C1(C)CC(F)(F)C1. The number of Topliss-reactive ketones (excluding diaryl/α,β-unsaturated/α-hetero) is 1. The lowest BCUT2D eigenvalue weighted by Gasteiger charge is -2.46. The Morgan fingerprint density at radius 2 is 1.62 bits per heavy atom. The van der Waals surface area contributed by atoms with Gasteiger partial charge < -0.3 is 0 Å². The summed E-state index contributed by atoms with van der Waals surface area (Å²) in [5, 5.41) is 0. The topological polar surface area (TPSA) is 17.1 Å². The van der Waals surface area contributed by atoms with Crippen molar-refractivity contribution in [1.82, 2.24) is 0 Å². The van der Waals surface area contributed by atoms with Gasteiger partial charge >= 0.3 is 0 Å². The molecule has 0 unspecified atom stereocenters. The normalized spacial score (nSPS) is 25.1. The van der Waals surface area contributed by atoms with E-state index in [9.17, 15) is 13.6 Å². The van der Waals surface area contributed by atoms with Crippen molar-refractivity contribution in [3.63, 3.8) is 0 Å². The van der Waals surface area contributed by atoms with Gasteiger partial charge in [-0.15, -0.1) is 0 Å². The van der Waals surface area contributed by atoms with Crippen LogP contribution in [0, 0.1) is 10.8 Å². The van der Waals surface area contributed by atoms with Gasteiger partial charge in [-0.2, -0.15) is 0 Å². The molecule has 3 heteroatoms.